The Morgan fingerprint density at radius 2 is 2.00 bits per heavy atom. The van der Waals surface area contributed by atoms with Crippen molar-refractivity contribution in [3.8, 4) is 11.4 Å². The number of hydrogen-bond donors (Lipinski definition) is 2. The van der Waals surface area contributed by atoms with E-state index in [9.17, 15) is 0 Å². The monoisotopic (exact) mass is 364 g/mol. The highest BCUT2D eigenvalue weighted by molar-refractivity contribution is 14.1. The average Bonchev–Trinajstić information content (AvgIpc) is 2.84. The number of hydrogen-bond acceptors (Lipinski definition) is 3. The molecule has 2 N–H and O–H groups in total. The predicted octanol–water partition coefficient (Wildman–Crippen LogP) is 3.58. The van der Waals surface area contributed by atoms with Gasteiger partial charge in [-0.3, -0.25) is 0 Å². The lowest BCUT2D eigenvalue weighted by atomic mass is 10.1. The number of benzene rings is 1. The third-order valence-corrected chi connectivity index (χ3v) is 4.48. The molecule has 0 amide bonds. The molecule has 0 bridgehead atoms. The number of nitrogens with one attached hydrogen (secondary N) is 2. The number of aryl methyl sites for hydroxylation is 1. The van der Waals surface area contributed by atoms with Crippen molar-refractivity contribution in [2.75, 3.05) is 12.4 Å². The third kappa shape index (κ3) is 2.18. The molecule has 1 aromatic carbocycles. The van der Waals surface area contributed by atoms with E-state index in [4.69, 9.17) is 0 Å². The number of rotatable bonds is 2. The minimum atomic E-state index is 0.735. The van der Waals surface area contributed by atoms with Gasteiger partial charge in [0, 0.05) is 16.2 Å². The van der Waals surface area contributed by atoms with Crippen LogP contribution in [-0.2, 0) is 0 Å². The summed E-state index contributed by atoms with van der Waals surface area (Å²) in [6.07, 6.45) is 0. The Bertz CT molecular complexity index is 748. The number of pyridine rings is 1. The fourth-order valence-corrected chi connectivity index (χ4v) is 2.60. The summed E-state index contributed by atoms with van der Waals surface area (Å²) in [7, 11) is 1.85. The van der Waals surface area contributed by atoms with Crippen molar-refractivity contribution < 1.29 is 0 Å². The molecule has 5 heteroatoms. The number of fused-ring (bicyclic) bond motifs is 1. The van der Waals surface area contributed by atoms with Crippen molar-refractivity contribution in [2.45, 2.75) is 6.92 Å². The smallest absolute Gasteiger partial charge is 0.180 e. The molecule has 0 unspecified atom stereocenters. The first kappa shape index (κ1) is 12.4. The first-order chi connectivity index (χ1) is 9.19. The van der Waals surface area contributed by atoms with Crippen molar-refractivity contribution in [3.05, 3.63) is 39.5 Å². The zero-order valence-corrected chi connectivity index (χ0v) is 12.8. The van der Waals surface area contributed by atoms with Crippen LogP contribution in [0.1, 0.15) is 5.56 Å². The number of nitrogens with zero attached hydrogens (tertiary/aromatic N) is 2. The molecule has 2 aromatic heterocycles. The minimum Gasteiger partial charge on any atom is -0.373 e. The van der Waals surface area contributed by atoms with Crippen molar-refractivity contribution >= 4 is 39.6 Å². The molecule has 0 aliphatic carbocycles. The fraction of sp³-hybridized carbons (Fsp3) is 0.143. The second-order valence-corrected chi connectivity index (χ2v) is 5.42. The summed E-state index contributed by atoms with van der Waals surface area (Å²) in [5.41, 5.74) is 4.05. The molecule has 0 fully saturated rings. The van der Waals surface area contributed by atoms with Crippen LogP contribution in [0.5, 0.6) is 0 Å². The zero-order valence-electron chi connectivity index (χ0n) is 10.7. The van der Waals surface area contributed by atoms with Crippen molar-refractivity contribution in [3.63, 3.8) is 0 Å². The van der Waals surface area contributed by atoms with E-state index < -0.39 is 0 Å². The molecule has 0 aliphatic heterocycles. The highest BCUT2D eigenvalue weighted by Crippen LogP contribution is 2.27. The Morgan fingerprint density at radius 3 is 2.79 bits per heavy atom. The summed E-state index contributed by atoms with van der Waals surface area (Å²) in [6.45, 7) is 2.10. The highest BCUT2D eigenvalue weighted by Gasteiger charge is 2.10. The Kier molecular flexibility index (Phi) is 3.14. The van der Waals surface area contributed by atoms with Gasteiger partial charge < -0.3 is 10.3 Å². The quantitative estimate of drug-likeness (QED) is 0.684. The maximum absolute atomic E-state index is 4.58. The lowest BCUT2D eigenvalue weighted by molar-refractivity contribution is 1.27. The molecule has 4 nitrogen and oxygen atoms in total. The van der Waals surface area contributed by atoms with Gasteiger partial charge in [0.2, 0.25) is 0 Å². The van der Waals surface area contributed by atoms with E-state index in [1.807, 2.05) is 25.2 Å². The number of H-pyrrole nitrogens is 1. The van der Waals surface area contributed by atoms with E-state index in [0.717, 1.165) is 28.4 Å². The molecule has 2 heterocycles. The van der Waals surface area contributed by atoms with E-state index >= 15 is 0 Å². The Hall–Kier alpha value is -1.63. The maximum atomic E-state index is 4.58. The fourth-order valence-electron chi connectivity index (χ4n) is 1.99. The second kappa shape index (κ2) is 4.80. The van der Waals surface area contributed by atoms with Crippen molar-refractivity contribution in [2.24, 2.45) is 0 Å². The van der Waals surface area contributed by atoms with Gasteiger partial charge in [-0.15, -0.1) is 0 Å². The van der Waals surface area contributed by atoms with Crippen LogP contribution in [-0.4, -0.2) is 22.0 Å². The van der Waals surface area contributed by atoms with Gasteiger partial charge in [-0.05, 0) is 47.2 Å². The second-order valence-electron chi connectivity index (χ2n) is 4.34. The molecule has 0 atom stereocenters. The van der Waals surface area contributed by atoms with E-state index in [2.05, 4.69) is 61.9 Å². The largest absolute Gasteiger partial charge is 0.373 e. The Morgan fingerprint density at radius 1 is 1.16 bits per heavy atom. The number of aromatic nitrogens is 3. The number of halogens is 1. The maximum Gasteiger partial charge on any atom is 0.180 e. The summed E-state index contributed by atoms with van der Waals surface area (Å²) < 4.78 is 1.22. The lowest BCUT2D eigenvalue weighted by Crippen LogP contribution is -1.91. The SMILES string of the molecule is CNc1ccc2[nH]c(-c3cccc(C)c3I)nc2n1. The summed E-state index contributed by atoms with van der Waals surface area (Å²) >= 11 is 2.35. The van der Waals surface area contributed by atoms with Crippen LogP contribution in [0.2, 0.25) is 0 Å². The summed E-state index contributed by atoms with van der Waals surface area (Å²) in [4.78, 5) is 12.3. The van der Waals surface area contributed by atoms with Crippen LogP contribution in [0.4, 0.5) is 5.82 Å². The Labute approximate surface area is 124 Å². The van der Waals surface area contributed by atoms with Gasteiger partial charge in [0.1, 0.15) is 11.6 Å². The standard InChI is InChI=1S/C14H13IN4/c1-8-4-3-5-9(12(8)15)13-17-10-6-7-11(16-2)18-14(10)19-13/h3-7H,1-2H3,(H2,16,17,18,19). The molecule has 19 heavy (non-hydrogen) atoms. The van der Waals surface area contributed by atoms with E-state index in [0.29, 0.717) is 0 Å². The van der Waals surface area contributed by atoms with E-state index in [-0.39, 0.29) is 0 Å². The first-order valence-electron chi connectivity index (χ1n) is 5.99. The van der Waals surface area contributed by atoms with E-state index in [1.54, 1.807) is 0 Å². The molecule has 96 valence electrons. The van der Waals surface area contributed by atoms with Crippen LogP contribution >= 0.6 is 22.6 Å². The summed E-state index contributed by atoms with van der Waals surface area (Å²) in [5, 5.41) is 3.02. The summed E-state index contributed by atoms with van der Waals surface area (Å²) in [5.74, 6) is 1.69. The zero-order chi connectivity index (χ0) is 13.4. The van der Waals surface area contributed by atoms with Crippen molar-refractivity contribution in [1.29, 1.82) is 0 Å². The van der Waals surface area contributed by atoms with Crippen LogP contribution in [0.25, 0.3) is 22.6 Å². The lowest BCUT2D eigenvalue weighted by Gasteiger charge is -2.03. The van der Waals surface area contributed by atoms with Crippen LogP contribution in [0.15, 0.2) is 30.3 Å². The van der Waals surface area contributed by atoms with Gasteiger partial charge >= 0.3 is 0 Å². The first-order valence-corrected chi connectivity index (χ1v) is 7.07. The van der Waals surface area contributed by atoms with Gasteiger partial charge in [-0.25, -0.2) is 9.97 Å². The molecule has 0 saturated carbocycles. The predicted molar refractivity (Wildman–Crippen MR) is 86.3 cm³/mol. The van der Waals surface area contributed by atoms with E-state index in [1.165, 1.54) is 9.13 Å². The third-order valence-electron chi connectivity index (χ3n) is 3.05. The molecule has 0 saturated heterocycles. The van der Waals surface area contributed by atoms with Crippen LogP contribution in [0, 0.1) is 10.5 Å². The topological polar surface area (TPSA) is 53.6 Å². The van der Waals surface area contributed by atoms with Crippen LogP contribution in [0.3, 0.4) is 0 Å². The van der Waals surface area contributed by atoms with Gasteiger partial charge in [-0.2, -0.15) is 0 Å². The normalized spacial score (nSPS) is 10.9. The molecule has 0 radical (unpaired) electrons. The molecular weight excluding hydrogens is 351 g/mol. The Balaban J connectivity index is 2.18. The molecule has 3 aromatic rings. The molecular formula is C14H13IN4. The average molecular weight is 364 g/mol. The number of anilines is 1. The number of aromatic amines is 1. The van der Waals surface area contributed by atoms with Gasteiger partial charge in [0.25, 0.3) is 0 Å². The highest BCUT2D eigenvalue weighted by atomic mass is 127. The number of imidazole rings is 1. The molecule has 3 rings (SSSR count). The molecule has 0 aliphatic rings. The van der Waals surface area contributed by atoms with Gasteiger partial charge in [0.15, 0.2) is 5.65 Å². The molecule has 0 spiro atoms. The van der Waals surface area contributed by atoms with Gasteiger partial charge in [-0.1, -0.05) is 18.2 Å². The minimum absolute atomic E-state index is 0.735. The van der Waals surface area contributed by atoms with Crippen LogP contribution < -0.4 is 5.32 Å². The van der Waals surface area contributed by atoms with Gasteiger partial charge in [0.05, 0.1) is 5.52 Å². The summed E-state index contributed by atoms with van der Waals surface area (Å²) in [6, 6.07) is 10.2. The van der Waals surface area contributed by atoms with Crippen molar-refractivity contribution in [1.82, 2.24) is 15.0 Å².